The summed E-state index contributed by atoms with van der Waals surface area (Å²) in [5, 5.41) is 2.79. The van der Waals surface area contributed by atoms with Crippen LogP contribution in [0.25, 0.3) is 11.3 Å². The number of allylic oxidation sites excluding steroid dienone is 1. The van der Waals surface area contributed by atoms with E-state index in [2.05, 4.69) is 54.2 Å². The van der Waals surface area contributed by atoms with E-state index in [4.69, 9.17) is 0 Å². The first-order valence-electron chi connectivity index (χ1n) is 9.63. The molecule has 4 heteroatoms. The standard InChI is InChI=1S/C24H29N3O/c1-5-14-25-15-16-27(4)24(19(3)21-10-8-7-9-11-21)22-12-13-23(26-18-28)20(6-2)17-22/h7-18H,5-6H2,1-4H3,(H,26,28)/b16-15-,24-19+,25-14-. The van der Waals surface area contributed by atoms with Gasteiger partial charge >= 0.3 is 0 Å². The van der Waals surface area contributed by atoms with Gasteiger partial charge in [-0.3, -0.25) is 9.79 Å². The second kappa shape index (κ2) is 10.9. The van der Waals surface area contributed by atoms with Gasteiger partial charge in [0.25, 0.3) is 0 Å². The van der Waals surface area contributed by atoms with Gasteiger partial charge in [-0.1, -0.05) is 50.2 Å². The summed E-state index contributed by atoms with van der Waals surface area (Å²) in [4.78, 5) is 17.3. The zero-order valence-electron chi connectivity index (χ0n) is 17.1. The van der Waals surface area contributed by atoms with Gasteiger partial charge in [0.2, 0.25) is 6.41 Å². The van der Waals surface area contributed by atoms with Gasteiger partial charge in [0.15, 0.2) is 0 Å². The maximum absolute atomic E-state index is 10.9. The van der Waals surface area contributed by atoms with Gasteiger partial charge in [-0.05, 0) is 54.2 Å². The third-order valence-electron chi connectivity index (χ3n) is 4.55. The third-order valence-corrected chi connectivity index (χ3v) is 4.55. The summed E-state index contributed by atoms with van der Waals surface area (Å²) in [5.74, 6) is 0. The van der Waals surface area contributed by atoms with Crippen molar-refractivity contribution in [3.8, 4) is 0 Å². The second-order valence-electron chi connectivity index (χ2n) is 6.48. The quantitative estimate of drug-likeness (QED) is 0.353. The van der Waals surface area contributed by atoms with Crippen LogP contribution in [-0.2, 0) is 11.2 Å². The molecule has 1 amide bonds. The fraction of sp³-hybridized carbons (Fsp3) is 0.250. The van der Waals surface area contributed by atoms with Crippen molar-refractivity contribution in [3.63, 3.8) is 0 Å². The number of benzene rings is 2. The van der Waals surface area contributed by atoms with Gasteiger partial charge in [-0.2, -0.15) is 0 Å². The molecule has 4 nitrogen and oxygen atoms in total. The van der Waals surface area contributed by atoms with Gasteiger partial charge in [-0.15, -0.1) is 0 Å². The molecule has 2 rings (SSSR count). The Balaban J connectivity index is 2.57. The Morgan fingerprint density at radius 2 is 1.86 bits per heavy atom. The molecule has 2 aromatic rings. The number of hydrogen-bond acceptors (Lipinski definition) is 3. The van der Waals surface area contributed by atoms with E-state index in [9.17, 15) is 4.79 Å². The minimum Gasteiger partial charge on any atom is -0.349 e. The largest absolute Gasteiger partial charge is 0.349 e. The third kappa shape index (κ3) is 5.43. The number of hydrogen-bond donors (Lipinski definition) is 1. The van der Waals surface area contributed by atoms with E-state index in [-0.39, 0.29) is 0 Å². The Morgan fingerprint density at radius 1 is 1.11 bits per heavy atom. The van der Waals surface area contributed by atoms with Crippen LogP contribution in [0, 0.1) is 0 Å². The molecule has 0 aliphatic rings. The van der Waals surface area contributed by atoms with Crippen molar-refractivity contribution in [2.45, 2.75) is 33.6 Å². The van der Waals surface area contributed by atoms with E-state index in [1.165, 1.54) is 11.1 Å². The number of aryl methyl sites for hydroxylation is 1. The molecule has 146 valence electrons. The zero-order valence-corrected chi connectivity index (χ0v) is 17.1. The number of rotatable bonds is 9. The molecule has 0 saturated carbocycles. The summed E-state index contributed by atoms with van der Waals surface area (Å²) in [6.07, 6.45) is 8.13. The predicted octanol–water partition coefficient (Wildman–Crippen LogP) is 5.59. The first kappa shape index (κ1) is 21.2. The lowest BCUT2D eigenvalue weighted by Gasteiger charge is -2.23. The number of amides is 1. The fourth-order valence-electron chi connectivity index (χ4n) is 3.13. The normalized spacial score (nSPS) is 12.3. The molecule has 0 fully saturated rings. The highest BCUT2D eigenvalue weighted by molar-refractivity contribution is 5.90. The molecule has 0 heterocycles. The van der Waals surface area contributed by atoms with Gasteiger partial charge < -0.3 is 10.2 Å². The topological polar surface area (TPSA) is 44.7 Å². The molecule has 1 N–H and O–H groups in total. The number of nitrogens with zero attached hydrogens (tertiary/aromatic N) is 2. The van der Waals surface area contributed by atoms with E-state index >= 15 is 0 Å². The number of anilines is 1. The molecule has 0 saturated heterocycles. The Labute approximate surface area is 168 Å². The maximum atomic E-state index is 10.9. The molecular weight excluding hydrogens is 346 g/mol. The van der Waals surface area contributed by atoms with E-state index in [1.807, 2.05) is 56.0 Å². The van der Waals surface area contributed by atoms with Crippen LogP contribution < -0.4 is 5.32 Å². The summed E-state index contributed by atoms with van der Waals surface area (Å²) in [6.45, 7) is 6.28. The monoisotopic (exact) mass is 375 g/mol. The molecule has 0 unspecified atom stereocenters. The van der Waals surface area contributed by atoms with Crippen molar-refractivity contribution in [2.75, 3.05) is 12.4 Å². The number of carbonyl (C=O) groups is 1. The second-order valence-corrected chi connectivity index (χ2v) is 6.48. The molecule has 0 bridgehead atoms. The van der Waals surface area contributed by atoms with E-state index in [1.54, 1.807) is 0 Å². The van der Waals surface area contributed by atoms with E-state index < -0.39 is 0 Å². The van der Waals surface area contributed by atoms with Crippen molar-refractivity contribution in [2.24, 2.45) is 4.99 Å². The lowest BCUT2D eigenvalue weighted by molar-refractivity contribution is -0.105. The molecule has 0 aliphatic heterocycles. The summed E-state index contributed by atoms with van der Waals surface area (Å²) >= 11 is 0. The lowest BCUT2D eigenvalue weighted by atomic mass is 9.97. The maximum Gasteiger partial charge on any atom is 0.211 e. The van der Waals surface area contributed by atoms with Gasteiger partial charge in [0.05, 0.1) is 5.70 Å². The van der Waals surface area contributed by atoms with Crippen LogP contribution in [-0.4, -0.2) is 24.6 Å². The Morgan fingerprint density at radius 3 is 2.50 bits per heavy atom. The minimum atomic E-state index is 0.723. The van der Waals surface area contributed by atoms with Gasteiger partial charge in [-0.25, -0.2) is 0 Å². The SMILES string of the molecule is CC/C=N\C=C/N(C)/C(=C(\C)c1ccccc1)c1ccc(NC=O)c(CC)c1. The van der Waals surface area contributed by atoms with E-state index in [0.29, 0.717) is 0 Å². The molecule has 2 aromatic carbocycles. The molecule has 0 radical (unpaired) electrons. The molecule has 28 heavy (non-hydrogen) atoms. The first-order valence-corrected chi connectivity index (χ1v) is 9.63. The Bertz CT molecular complexity index is 867. The molecule has 0 aromatic heterocycles. The zero-order chi connectivity index (χ0) is 20.4. The van der Waals surface area contributed by atoms with Crippen molar-refractivity contribution in [1.82, 2.24) is 4.90 Å². The average Bonchev–Trinajstić information content (AvgIpc) is 2.73. The van der Waals surface area contributed by atoms with Crippen molar-refractivity contribution in [3.05, 3.63) is 77.6 Å². The van der Waals surface area contributed by atoms with Gasteiger partial charge in [0, 0.05) is 31.3 Å². The summed E-state index contributed by atoms with van der Waals surface area (Å²) in [7, 11) is 2.03. The Hall–Kier alpha value is -3.14. The molecular formula is C24H29N3O. The number of carbonyl (C=O) groups excluding carboxylic acids is 1. The van der Waals surface area contributed by atoms with Crippen LogP contribution in [0.4, 0.5) is 5.69 Å². The fourth-order valence-corrected chi connectivity index (χ4v) is 3.13. The van der Waals surface area contributed by atoms with Crippen LogP contribution in [0.1, 0.15) is 43.9 Å². The summed E-state index contributed by atoms with van der Waals surface area (Å²) < 4.78 is 0. The first-order chi connectivity index (χ1) is 13.6. The number of nitrogens with one attached hydrogen (secondary N) is 1. The Kier molecular flexibility index (Phi) is 8.22. The molecule has 0 atom stereocenters. The number of aliphatic imine (C=N–C) groups is 1. The van der Waals surface area contributed by atoms with Crippen molar-refractivity contribution >= 4 is 29.6 Å². The molecule has 0 spiro atoms. The summed E-state index contributed by atoms with van der Waals surface area (Å²) in [5.41, 5.74) is 6.49. The highest BCUT2D eigenvalue weighted by atomic mass is 16.1. The highest BCUT2D eigenvalue weighted by Crippen LogP contribution is 2.31. The average molecular weight is 376 g/mol. The van der Waals surface area contributed by atoms with Crippen LogP contribution in [0.15, 0.2) is 65.9 Å². The van der Waals surface area contributed by atoms with Crippen molar-refractivity contribution < 1.29 is 4.79 Å². The highest BCUT2D eigenvalue weighted by Gasteiger charge is 2.13. The van der Waals surface area contributed by atoms with Crippen LogP contribution in [0.3, 0.4) is 0 Å². The minimum absolute atomic E-state index is 0.723. The smallest absolute Gasteiger partial charge is 0.211 e. The van der Waals surface area contributed by atoms with Gasteiger partial charge in [0.1, 0.15) is 0 Å². The lowest BCUT2D eigenvalue weighted by Crippen LogP contribution is -2.12. The van der Waals surface area contributed by atoms with E-state index in [0.717, 1.165) is 41.8 Å². The van der Waals surface area contributed by atoms with Crippen LogP contribution >= 0.6 is 0 Å². The van der Waals surface area contributed by atoms with Crippen LogP contribution in [0.2, 0.25) is 0 Å². The molecule has 0 aliphatic carbocycles. The van der Waals surface area contributed by atoms with Crippen LogP contribution in [0.5, 0.6) is 0 Å². The predicted molar refractivity (Wildman–Crippen MR) is 120 cm³/mol. The van der Waals surface area contributed by atoms with Crippen molar-refractivity contribution in [1.29, 1.82) is 0 Å². The summed E-state index contributed by atoms with van der Waals surface area (Å²) in [6, 6.07) is 16.5.